The van der Waals surface area contributed by atoms with Crippen LogP contribution in [0.2, 0.25) is 0 Å². The summed E-state index contributed by atoms with van der Waals surface area (Å²) in [6.45, 7) is 2.71. The number of aromatic nitrogens is 4. The lowest BCUT2D eigenvalue weighted by Crippen LogP contribution is -2.42. The third-order valence-electron chi connectivity index (χ3n) is 4.78. The number of carbonyl (C=O) groups is 1. The van der Waals surface area contributed by atoms with Gasteiger partial charge in [-0.2, -0.15) is 0 Å². The molecule has 1 fully saturated rings. The fourth-order valence-corrected chi connectivity index (χ4v) is 3.33. The molecule has 4 atom stereocenters. The van der Waals surface area contributed by atoms with Gasteiger partial charge in [-0.15, -0.1) is 0 Å². The van der Waals surface area contributed by atoms with Gasteiger partial charge < -0.3 is 25.6 Å². The van der Waals surface area contributed by atoms with Crippen LogP contribution in [0.25, 0.3) is 11.2 Å². The predicted molar refractivity (Wildman–Crippen MR) is 104 cm³/mol. The lowest BCUT2D eigenvalue weighted by molar-refractivity contribution is -0.137. The van der Waals surface area contributed by atoms with E-state index in [-0.39, 0.29) is 0 Å². The Bertz CT molecular complexity index is 995. The number of benzene rings is 1. The Morgan fingerprint density at radius 2 is 1.97 bits per heavy atom. The van der Waals surface area contributed by atoms with Gasteiger partial charge in [0.25, 0.3) is 5.91 Å². The number of ether oxygens (including phenoxy) is 1. The Hall–Kier alpha value is -3.08. The van der Waals surface area contributed by atoms with Gasteiger partial charge >= 0.3 is 0 Å². The standard InChI is InChI=1S/C19H22N6O4/c1-2-20-18(28)15-13(26)14(27)19(29-15)25-10-24-12-16(22-9-23-17(12)25)21-8-11-6-4-3-5-7-11/h3-7,9-10,13-15,19,26-27H,2,8H2,1H3,(H,20,28)(H,21,22,23)/t13?,14-,15-,19+/m0/s1. The topological polar surface area (TPSA) is 134 Å². The zero-order chi connectivity index (χ0) is 20.4. The number of imidazole rings is 1. The lowest BCUT2D eigenvalue weighted by atomic mass is 10.1. The van der Waals surface area contributed by atoms with Gasteiger partial charge in [-0.3, -0.25) is 9.36 Å². The van der Waals surface area contributed by atoms with E-state index in [1.54, 1.807) is 6.92 Å². The average Bonchev–Trinajstić information content (AvgIpc) is 3.29. The van der Waals surface area contributed by atoms with Crippen molar-refractivity contribution in [2.24, 2.45) is 0 Å². The monoisotopic (exact) mass is 398 g/mol. The largest absolute Gasteiger partial charge is 0.387 e. The van der Waals surface area contributed by atoms with E-state index in [4.69, 9.17) is 4.74 Å². The number of amides is 1. The van der Waals surface area contributed by atoms with Crippen LogP contribution in [0.1, 0.15) is 18.7 Å². The maximum absolute atomic E-state index is 12.1. The van der Waals surface area contributed by atoms with Crippen molar-refractivity contribution in [1.82, 2.24) is 24.8 Å². The summed E-state index contributed by atoms with van der Waals surface area (Å²) < 4.78 is 7.15. The second-order valence-corrected chi connectivity index (χ2v) is 6.71. The van der Waals surface area contributed by atoms with Gasteiger partial charge in [0.1, 0.15) is 18.5 Å². The first-order chi connectivity index (χ1) is 14.1. The van der Waals surface area contributed by atoms with Crippen LogP contribution in [0, 0.1) is 0 Å². The number of hydrogen-bond acceptors (Lipinski definition) is 8. The molecule has 29 heavy (non-hydrogen) atoms. The van der Waals surface area contributed by atoms with Crippen LogP contribution in [0.4, 0.5) is 5.82 Å². The molecule has 0 radical (unpaired) electrons. The fraction of sp³-hybridized carbons (Fsp3) is 0.368. The summed E-state index contributed by atoms with van der Waals surface area (Å²) >= 11 is 0. The summed E-state index contributed by atoms with van der Waals surface area (Å²) in [7, 11) is 0. The smallest absolute Gasteiger partial charge is 0.252 e. The van der Waals surface area contributed by atoms with Crippen LogP contribution in [0.3, 0.4) is 0 Å². The number of aliphatic hydroxyl groups excluding tert-OH is 2. The molecule has 10 heteroatoms. The van der Waals surface area contributed by atoms with Crippen molar-refractivity contribution < 1.29 is 19.7 Å². The predicted octanol–water partition coefficient (Wildman–Crippen LogP) is 0.194. The minimum absolute atomic E-state index is 0.393. The first kappa shape index (κ1) is 19.2. The second-order valence-electron chi connectivity index (χ2n) is 6.71. The van der Waals surface area contributed by atoms with Crippen LogP contribution < -0.4 is 10.6 Å². The minimum Gasteiger partial charge on any atom is -0.387 e. The molecular weight excluding hydrogens is 376 g/mol. The second kappa shape index (κ2) is 8.11. The Labute approximate surface area is 166 Å². The van der Waals surface area contributed by atoms with E-state index in [1.165, 1.54) is 17.2 Å². The van der Waals surface area contributed by atoms with Crippen molar-refractivity contribution in [3.63, 3.8) is 0 Å². The summed E-state index contributed by atoms with van der Waals surface area (Å²) in [5.41, 5.74) is 2.00. The van der Waals surface area contributed by atoms with E-state index in [9.17, 15) is 15.0 Å². The van der Waals surface area contributed by atoms with Gasteiger partial charge in [-0.1, -0.05) is 30.3 Å². The zero-order valence-corrected chi connectivity index (χ0v) is 15.8. The van der Waals surface area contributed by atoms with Gasteiger partial charge in [0.05, 0.1) is 6.33 Å². The maximum atomic E-state index is 12.1. The molecule has 1 saturated heterocycles. The van der Waals surface area contributed by atoms with E-state index >= 15 is 0 Å². The van der Waals surface area contributed by atoms with Crippen LogP contribution in [0.15, 0.2) is 43.0 Å². The number of fused-ring (bicyclic) bond motifs is 1. The Morgan fingerprint density at radius 1 is 1.17 bits per heavy atom. The number of anilines is 1. The number of nitrogens with one attached hydrogen (secondary N) is 2. The highest BCUT2D eigenvalue weighted by atomic mass is 16.6. The maximum Gasteiger partial charge on any atom is 0.252 e. The van der Waals surface area contributed by atoms with Crippen molar-refractivity contribution in [3.05, 3.63) is 48.5 Å². The average molecular weight is 398 g/mol. The van der Waals surface area contributed by atoms with Crippen molar-refractivity contribution in [3.8, 4) is 0 Å². The van der Waals surface area contributed by atoms with Gasteiger partial charge in [0.2, 0.25) is 0 Å². The number of rotatable bonds is 6. The molecule has 0 bridgehead atoms. The molecule has 1 aliphatic rings. The molecule has 0 aliphatic carbocycles. The summed E-state index contributed by atoms with van der Waals surface area (Å²) in [6, 6.07) is 9.85. The minimum atomic E-state index is -1.36. The zero-order valence-electron chi connectivity index (χ0n) is 15.8. The fourth-order valence-electron chi connectivity index (χ4n) is 3.33. The van der Waals surface area contributed by atoms with Gasteiger partial charge in [-0.05, 0) is 12.5 Å². The third kappa shape index (κ3) is 3.65. The Kier molecular flexibility index (Phi) is 5.38. The molecular formula is C19H22N6O4. The number of likely N-dealkylation sites (N-methyl/N-ethyl adjacent to an activating group) is 1. The summed E-state index contributed by atoms with van der Waals surface area (Å²) in [4.78, 5) is 24.9. The van der Waals surface area contributed by atoms with E-state index in [0.29, 0.717) is 30.1 Å². The van der Waals surface area contributed by atoms with Crippen LogP contribution in [-0.4, -0.2) is 60.5 Å². The summed E-state index contributed by atoms with van der Waals surface area (Å²) in [5.74, 6) is 0.0525. The normalized spacial score (nSPS) is 24.0. The van der Waals surface area contributed by atoms with Crippen LogP contribution in [0.5, 0.6) is 0 Å². The molecule has 4 rings (SSSR count). The van der Waals surface area contributed by atoms with Crippen molar-refractivity contribution >= 4 is 22.9 Å². The van der Waals surface area contributed by atoms with E-state index in [0.717, 1.165) is 5.56 Å². The molecule has 152 valence electrons. The quantitative estimate of drug-likeness (QED) is 0.462. The number of carbonyl (C=O) groups excluding carboxylic acids is 1. The number of hydrogen-bond donors (Lipinski definition) is 4. The van der Waals surface area contributed by atoms with Crippen LogP contribution in [-0.2, 0) is 16.1 Å². The SMILES string of the molecule is CCNC(=O)[C@H]1O[C@@H](n2cnc3c(NCc4ccccc4)ncnc32)[C@@H](O)C1O. The van der Waals surface area contributed by atoms with E-state index in [1.807, 2.05) is 30.3 Å². The third-order valence-corrected chi connectivity index (χ3v) is 4.78. The van der Waals surface area contributed by atoms with Crippen molar-refractivity contribution in [2.45, 2.75) is 38.0 Å². The van der Waals surface area contributed by atoms with Gasteiger partial charge in [0, 0.05) is 13.1 Å². The van der Waals surface area contributed by atoms with Gasteiger partial charge in [-0.25, -0.2) is 15.0 Å². The highest BCUT2D eigenvalue weighted by Gasteiger charge is 2.47. The molecule has 1 amide bonds. The summed E-state index contributed by atoms with van der Waals surface area (Å²) in [6.07, 6.45) is -2.01. The Balaban J connectivity index is 1.58. The van der Waals surface area contributed by atoms with E-state index < -0.39 is 30.4 Å². The number of nitrogens with zero attached hydrogens (tertiary/aromatic N) is 4. The van der Waals surface area contributed by atoms with E-state index in [2.05, 4.69) is 25.6 Å². The first-order valence-corrected chi connectivity index (χ1v) is 9.34. The molecule has 10 nitrogen and oxygen atoms in total. The van der Waals surface area contributed by atoms with Crippen molar-refractivity contribution in [1.29, 1.82) is 0 Å². The lowest BCUT2D eigenvalue weighted by Gasteiger charge is -2.16. The van der Waals surface area contributed by atoms with Crippen LogP contribution >= 0.6 is 0 Å². The van der Waals surface area contributed by atoms with Crippen molar-refractivity contribution in [2.75, 3.05) is 11.9 Å². The van der Waals surface area contributed by atoms with Gasteiger partial charge in [0.15, 0.2) is 29.3 Å². The number of aliphatic hydroxyl groups is 2. The molecule has 1 unspecified atom stereocenters. The molecule has 3 aromatic rings. The molecule has 0 saturated carbocycles. The first-order valence-electron chi connectivity index (χ1n) is 9.34. The molecule has 1 aliphatic heterocycles. The highest BCUT2D eigenvalue weighted by Crippen LogP contribution is 2.32. The molecule has 3 heterocycles. The highest BCUT2D eigenvalue weighted by molar-refractivity contribution is 5.83. The summed E-state index contributed by atoms with van der Waals surface area (Å²) in [5, 5.41) is 26.5. The molecule has 2 aromatic heterocycles. The molecule has 0 spiro atoms. The molecule has 4 N–H and O–H groups in total. The Morgan fingerprint density at radius 3 is 2.72 bits per heavy atom. The molecule has 1 aromatic carbocycles.